The molecule has 0 heterocycles. The summed E-state index contributed by atoms with van der Waals surface area (Å²) in [5.74, 6) is 2.44. The smallest absolute Gasteiger partial charge is 0.261 e. The zero-order valence-electron chi connectivity index (χ0n) is 32.4. The minimum absolute atomic E-state index is 0.111. The van der Waals surface area contributed by atoms with Gasteiger partial charge in [-0.25, -0.2) is 0 Å². The summed E-state index contributed by atoms with van der Waals surface area (Å²) in [7, 11) is -2.93. The minimum Gasteiger partial charge on any atom is -0.489 e. The Kier molecular flexibility index (Phi) is 14.1. The van der Waals surface area contributed by atoms with Crippen molar-refractivity contribution < 1.29 is 23.4 Å². The second kappa shape index (κ2) is 19.5. The van der Waals surface area contributed by atoms with E-state index in [2.05, 4.69) is 104 Å². The second-order valence-corrected chi connectivity index (χ2v) is 20.0. The number of benzene rings is 6. The molecule has 7 nitrogen and oxygen atoms in total. The molecule has 0 aliphatic rings. The van der Waals surface area contributed by atoms with Gasteiger partial charge in [-0.2, -0.15) is 10.5 Å². The predicted molar refractivity (Wildman–Crippen MR) is 235 cm³/mol. The average molecular weight is 885 g/mol. The van der Waals surface area contributed by atoms with Gasteiger partial charge in [0.25, 0.3) is 8.32 Å². The van der Waals surface area contributed by atoms with E-state index in [1.807, 2.05) is 97.1 Å². The van der Waals surface area contributed by atoms with E-state index in [0.717, 1.165) is 41.8 Å². The van der Waals surface area contributed by atoms with E-state index in [4.69, 9.17) is 23.4 Å². The van der Waals surface area contributed by atoms with Crippen molar-refractivity contribution in [1.29, 1.82) is 10.5 Å². The van der Waals surface area contributed by atoms with Gasteiger partial charge in [0.15, 0.2) is 13.2 Å². The molecule has 0 N–H and O–H groups in total. The SMILES string of the molecule is CC(C)(C)[Si](OCc1cc(OCc2ccccc2)c(Cc2cc(OCc3ccccc3)c(I)cc2OCC#N)cc1OCC#N)(c1ccccc1)c1ccccc1. The molecular formula is C48H45IN2O5Si. The molecule has 0 saturated heterocycles. The molecule has 0 spiro atoms. The lowest BCUT2D eigenvalue weighted by molar-refractivity contribution is 0.270. The highest BCUT2D eigenvalue weighted by atomic mass is 127. The number of hydrogen-bond acceptors (Lipinski definition) is 7. The standard InChI is InChI=1S/C48H45IN2O5Si/c1-48(2,3)57(41-20-12-6-13-21-41,42-22-14-7-15-23-42)56-35-40-31-44(54-33-36-16-8-4-9-17-36)38(29-45(40)52-26-24-50)28-39-30-47(43(49)32-46(39)53-27-25-51)55-34-37-18-10-5-11-19-37/h4-23,29-32H,26-28,33-35H2,1-3H3. The molecule has 0 fully saturated rings. The zero-order chi connectivity index (χ0) is 40.1. The lowest BCUT2D eigenvalue weighted by Crippen LogP contribution is -2.66. The van der Waals surface area contributed by atoms with Crippen molar-refractivity contribution in [2.45, 2.75) is 52.1 Å². The first kappa shape index (κ1) is 41.1. The fourth-order valence-corrected chi connectivity index (χ4v) is 12.1. The third-order valence-corrected chi connectivity index (χ3v) is 15.5. The summed E-state index contributed by atoms with van der Waals surface area (Å²) in [5.41, 5.74) is 4.44. The Bertz CT molecular complexity index is 2270. The molecule has 6 aromatic carbocycles. The molecule has 0 atom stereocenters. The lowest BCUT2D eigenvalue weighted by atomic mass is 10.00. The van der Waals surface area contributed by atoms with Crippen molar-refractivity contribution in [3.63, 3.8) is 0 Å². The molecule has 0 radical (unpaired) electrons. The summed E-state index contributed by atoms with van der Waals surface area (Å²) in [5, 5.41) is 21.2. The van der Waals surface area contributed by atoms with Crippen LogP contribution in [0.4, 0.5) is 0 Å². The summed E-state index contributed by atoms with van der Waals surface area (Å²) in [6.45, 7) is 7.42. The van der Waals surface area contributed by atoms with Crippen molar-refractivity contribution >= 4 is 41.3 Å². The molecule has 57 heavy (non-hydrogen) atoms. The van der Waals surface area contributed by atoms with Crippen LogP contribution in [0.15, 0.2) is 146 Å². The Morgan fingerprint density at radius 1 is 0.509 bits per heavy atom. The van der Waals surface area contributed by atoms with Gasteiger partial charge in [0.1, 0.15) is 48.4 Å². The van der Waals surface area contributed by atoms with Gasteiger partial charge in [-0.3, -0.25) is 0 Å². The number of hydrogen-bond donors (Lipinski definition) is 0. The van der Waals surface area contributed by atoms with Crippen LogP contribution in [0, 0.1) is 26.2 Å². The van der Waals surface area contributed by atoms with E-state index in [1.165, 1.54) is 0 Å². The third kappa shape index (κ3) is 10.2. The zero-order valence-corrected chi connectivity index (χ0v) is 35.6. The van der Waals surface area contributed by atoms with Gasteiger partial charge >= 0.3 is 0 Å². The molecule has 0 aromatic heterocycles. The second-order valence-electron chi connectivity index (χ2n) is 14.5. The third-order valence-electron chi connectivity index (χ3n) is 9.66. The molecule has 0 bridgehead atoms. The van der Waals surface area contributed by atoms with Gasteiger partial charge < -0.3 is 23.4 Å². The number of nitrogens with zero attached hydrogens (tertiary/aromatic N) is 2. The van der Waals surface area contributed by atoms with Crippen LogP contribution < -0.4 is 29.3 Å². The Morgan fingerprint density at radius 3 is 1.39 bits per heavy atom. The highest BCUT2D eigenvalue weighted by Gasteiger charge is 2.50. The Balaban J connectivity index is 1.44. The number of ether oxygens (including phenoxy) is 4. The highest BCUT2D eigenvalue weighted by molar-refractivity contribution is 14.1. The van der Waals surface area contributed by atoms with Gasteiger partial charge in [-0.1, -0.05) is 142 Å². The fraction of sp³-hybridized carbons (Fsp3) is 0.208. The van der Waals surface area contributed by atoms with Gasteiger partial charge in [0.2, 0.25) is 0 Å². The molecule has 0 unspecified atom stereocenters. The molecule has 0 aliphatic carbocycles. The molecular weight excluding hydrogens is 840 g/mol. The summed E-state index contributed by atoms with van der Waals surface area (Å²) < 4.78 is 33.4. The number of nitriles is 2. The van der Waals surface area contributed by atoms with Gasteiger partial charge in [-0.05, 0) is 73.4 Å². The van der Waals surface area contributed by atoms with E-state index in [1.54, 1.807) is 0 Å². The first-order valence-corrected chi connectivity index (χ1v) is 21.8. The quantitative estimate of drug-likeness (QED) is 0.0665. The summed E-state index contributed by atoms with van der Waals surface area (Å²) in [6, 6.07) is 53.0. The van der Waals surface area contributed by atoms with Crippen molar-refractivity contribution in [1.82, 2.24) is 0 Å². The first-order chi connectivity index (χ1) is 27.7. The predicted octanol–water partition coefficient (Wildman–Crippen LogP) is 9.92. The Morgan fingerprint density at radius 2 is 0.912 bits per heavy atom. The molecule has 9 heteroatoms. The van der Waals surface area contributed by atoms with Crippen LogP contribution in [0.1, 0.15) is 48.6 Å². The first-order valence-electron chi connectivity index (χ1n) is 18.8. The van der Waals surface area contributed by atoms with Gasteiger partial charge in [0, 0.05) is 23.1 Å². The molecule has 0 aliphatic heterocycles. The maximum atomic E-state index is 9.68. The van der Waals surface area contributed by atoms with Crippen molar-refractivity contribution in [2.24, 2.45) is 0 Å². The van der Waals surface area contributed by atoms with E-state index < -0.39 is 8.32 Å². The van der Waals surface area contributed by atoms with Crippen LogP contribution in [-0.4, -0.2) is 21.5 Å². The van der Waals surface area contributed by atoms with E-state index >= 15 is 0 Å². The summed E-state index contributed by atoms with van der Waals surface area (Å²) >= 11 is 2.23. The Hall–Kier alpha value is -5.59. The van der Waals surface area contributed by atoms with Gasteiger partial charge in [0.05, 0.1) is 10.2 Å². The van der Waals surface area contributed by atoms with Crippen molar-refractivity contribution in [3.05, 3.63) is 177 Å². The maximum absolute atomic E-state index is 9.68. The summed E-state index contributed by atoms with van der Waals surface area (Å²) in [4.78, 5) is 0. The number of rotatable bonds is 17. The number of halogens is 1. The fourth-order valence-electron chi connectivity index (χ4n) is 6.97. The van der Waals surface area contributed by atoms with Crippen LogP contribution in [0.25, 0.3) is 0 Å². The van der Waals surface area contributed by atoms with Gasteiger partial charge in [-0.15, -0.1) is 0 Å². The lowest BCUT2D eigenvalue weighted by Gasteiger charge is -2.43. The van der Waals surface area contributed by atoms with Crippen molar-refractivity contribution in [2.75, 3.05) is 13.2 Å². The van der Waals surface area contributed by atoms with Crippen LogP contribution >= 0.6 is 22.6 Å². The molecule has 6 rings (SSSR count). The normalized spacial score (nSPS) is 11.3. The maximum Gasteiger partial charge on any atom is 0.261 e. The van der Waals surface area contributed by atoms with Crippen molar-refractivity contribution in [3.8, 4) is 35.1 Å². The van der Waals surface area contributed by atoms with E-state index in [9.17, 15) is 10.5 Å². The molecule has 0 amide bonds. The van der Waals surface area contributed by atoms with Crippen LogP contribution in [0.2, 0.25) is 5.04 Å². The van der Waals surface area contributed by atoms with Crippen LogP contribution in [0.5, 0.6) is 23.0 Å². The summed E-state index contributed by atoms with van der Waals surface area (Å²) in [6.07, 6.45) is 0.363. The van der Waals surface area contributed by atoms with E-state index in [0.29, 0.717) is 42.6 Å². The molecule has 0 saturated carbocycles. The van der Waals surface area contributed by atoms with E-state index in [-0.39, 0.29) is 24.9 Å². The average Bonchev–Trinajstić information content (AvgIpc) is 3.23. The largest absolute Gasteiger partial charge is 0.489 e. The monoisotopic (exact) mass is 884 g/mol. The topological polar surface area (TPSA) is 93.7 Å². The molecule has 288 valence electrons. The highest BCUT2D eigenvalue weighted by Crippen LogP contribution is 2.40. The van der Waals surface area contributed by atoms with Crippen LogP contribution in [0.3, 0.4) is 0 Å². The minimum atomic E-state index is -2.93. The molecule has 6 aromatic rings. The van der Waals surface area contributed by atoms with Crippen LogP contribution in [-0.2, 0) is 30.7 Å². The Labute approximate surface area is 350 Å².